The van der Waals surface area contributed by atoms with Crippen LogP contribution < -0.4 is 9.88 Å². The molecule has 0 aromatic heterocycles. The van der Waals surface area contributed by atoms with E-state index >= 15 is 0 Å². The maximum absolute atomic E-state index is 11.6. The molecule has 1 rings (SSSR count). The van der Waals surface area contributed by atoms with E-state index in [-0.39, 0.29) is 28.2 Å². The van der Waals surface area contributed by atoms with E-state index in [9.17, 15) is 13.2 Å². The number of carbonyl (C=O) groups is 1. The van der Waals surface area contributed by atoms with Gasteiger partial charge in [0.1, 0.15) is 10.6 Å². The molecule has 0 aliphatic rings. The number of halogens is 1. The number of likely N-dealkylation sites (N-methyl/N-ethyl adjacent to an activating group) is 1. The lowest BCUT2D eigenvalue weighted by molar-refractivity contribution is -0.131. The van der Waals surface area contributed by atoms with Crippen molar-refractivity contribution in [3.8, 4) is 5.75 Å². The van der Waals surface area contributed by atoms with Gasteiger partial charge in [0.25, 0.3) is 5.91 Å². The van der Waals surface area contributed by atoms with Crippen molar-refractivity contribution in [2.24, 2.45) is 5.14 Å². The van der Waals surface area contributed by atoms with Crippen molar-refractivity contribution in [3.63, 3.8) is 0 Å². The Labute approximate surface area is 117 Å². The third kappa shape index (κ3) is 4.38. The van der Waals surface area contributed by atoms with Crippen LogP contribution in [0, 0.1) is 0 Å². The summed E-state index contributed by atoms with van der Waals surface area (Å²) in [5, 5.41) is 5.27. The lowest BCUT2D eigenvalue weighted by Gasteiger charge is -2.15. The summed E-state index contributed by atoms with van der Waals surface area (Å²) in [7, 11) is -2.34. The lowest BCUT2D eigenvalue weighted by atomic mass is 10.3. The summed E-state index contributed by atoms with van der Waals surface area (Å²) in [4.78, 5) is 12.8. The Morgan fingerprint density at radius 3 is 2.63 bits per heavy atom. The molecule has 0 saturated carbocycles. The Morgan fingerprint density at radius 1 is 1.47 bits per heavy atom. The molecule has 0 saturated heterocycles. The van der Waals surface area contributed by atoms with Crippen LogP contribution in [0.5, 0.6) is 5.75 Å². The standard InChI is InChI=1S/C11H15ClN2O4S/c1-3-14(2)11(15)7-18-9-5-4-8(12)6-10(9)19(13,16)17/h4-6H,3,7H2,1-2H3,(H2,13,16,17). The Hall–Kier alpha value is -1.31. The summed E-state index contributed by atoms with van der Waals surface area (Å²) in [6.07, 6.45) is 0. The van der Waals surface area contributed by atoms with Gasteiger partial charge in [0, 0.05) is 18.6 Å². The maximum Gasteiger partial charge on any atom is 0.260 e. The number of hydrogen-bond acceptors (Lipinski definition) is 4. The molecule has 0 aliphatic heterocycles. The molecule has 6 nitrogen and oxygen atoms in total. The normalized spacial score (nSPS) is 11.2. The van der Waals surface area contributed by atoms with Crippen molar-refractivity contribution in [2.45, 2.75) is 11.8 Å². The molecule has 0 unspecified atom stereocenters. The number of amides is 1. The molecule has 8 heteroatoms. The van der Waals surface area contributed by atoms with E-state index in [2.05, 4.69) is 0 Å². The zero-order chi connectivity index (χ0) is 14.6. The van der Waals surface area contributed by atoms with Gasteiger partial charge in [-0.25, -0.2) is 13.6 Å². The van der Waals surface area contributed by atoms with Crippen LogP contribution >= 0.6 is 11.6 Å². The van der Waals surface area contributed by atoms with E-state index in [1.807, 2.05) is 6.92 Å². The minimum Gasteiger partial charge on any atom is -0.482 e. The van der Waals surface area contributed by atoms with Crippen molar-refractivity contribution in [1.82, 2.24) is 4.90 Å². The Morgan fingerprint density at radius 2 is 2.11 bits per heavy atom. The van der Waals surface area contributed by atoms with E-state index in [1.165, 1.54) is 23.1 Å². The molecule has 2 N–H and O–H groups in total. The van der Waals surface area contributed by atoms with Crippen LogP contribution in [0.2, 0.25) is 5.02 Å². The molecule has 19 heavy (non-hydrogen) atoms. The third-order valence-corrected chi connectivity index (χ3v) is 3.63. The van der Waals surface area contributed by atoms with E-state index in [1.54, 1.807) is 7.05 Å². The fourth-order valence-corrected chi connectivity index (χ4v) is 2.18. The Bertz CT molecular complexity index is 574. The van der Waals surface area contributed by atoms with Gasteiger partial charge in [-0.2, -0.15) is 0 Å². The molecule has 0 fully saturated rings. The van der Waals surface area contributed by atoms with Gasteiger partial charge in [-0.15, -0.1) is 0 Å². The molecule has 0 heterocycles. The van der Waals surface area contributed by atoms with E-state index in [0.717, 1.165) is 0 Å². The summed E-state index contributed by atoms with van der Waals surface area (Å²) < 4.78 is 28.0. The molecule has 0 atom stereocenters. The highest BCUT2D eigenvalue weighted by atomic mass is 35.5. The van der Waals surface area contributed by atoms with E-state index < -0.39 is 10.0 Å². The summed E-state index contributed by atoms with van der Waals surface area (Å²) in [6, 6.07) is 4.00. The molecule has 0 spiro atoms. The van der Waals surface area contributed by atoms with Crippen molar-refractivity contribution >= 4 is 27.5 Å². The molecule has 1 amide bonds. The van der Waals surface area contributed by atoms with Crippen LogP contribution in [0.25, 0.3) is 0 Å². The largest absolute Gasteiger partial charge is 0.482 e. The second-order valence-corrected chi connectivity index (χ2v) is 5.80. The predicted molar refractivity (Wildman–Crippen MR) is 71.6 cm³/mol. The number of sulfonamides is 1. The smallest absolute Gasteiger partial charge is 0.260 e. The molecule has 1 aromatic rings. The van der Waals surface area contributed by atoms with Crippen LogP contribution in [-0.2, 0) is 14.8 Å². The lowest BCUT2D eigenvalue weighted by Crippen LogP contribution is -2.31. The first kappa shape index (κ1) is 15.7. The number of ether oxygens (including phenoxy) is 1. The average Bonchev–Trinajstić information content (AvgIpc) is 2.34. The van der Waals surface area contributed by atoms with E-state index in [0.29, 0.717) is 6.54 Å². The van der Waals surface area contributed by atoms with Gasteiger partial charge in [-0.3, -0.25) is 4.79 Å². The van der Waals surface area contributed by atoms with Gasteiger partial charge < -0.3 is 9.64 Å². The number of hydrogen-bond donors (Lipinski definition) is 1. The summed E-state index contributed by atoms with van der Waals surface area (Å²) >= 11 is 5.71. The second-order valence-electron chi connectivity index (χ2n) is 3.83. The molecule has 0 aliphatic carbocycles. The van der Waals surface area contributed by atoms with Gasteiger partial charge >= 0.3 is 0 Å². The Kier molecular flexibility index (Phi) is 5.16. The van der Waals surface area contributed by atoms with Gasteiger partial charge in [-0.1, -0.05) is 11.6 Å². The highest BCUT2D eigenvalue weighted by Gasteiger charge is 2.17. The van der Waals surface area contributed by atoms with E-state index in [4.69, 9.17) is 21.5 Å². The summed E-state index contributed by atoms with van der Waals surface area (Å²) in [6.45, 7) is 2.08. The zero-order valence-electron chi connectivity index (χ0n) is 10.6. The minimum absolute atomic E-state index is 0.00440. The summed E-state index contributed by atoms with van der Waals surface area (Å²) in [5.74, 6) is -0.262. The molecule has 0 radical (unpaired) electrons. The van der Waals surface area contributed by atoms with Crippen LogP contribution in [-0.4, -0.2) is 39.4 Å². The molecular weight excluding hydrogens is 292 g/mol. The van der Waals surface area contributed by atoms with Gasteiger partial charge in [-0.05, 0) is 25.1 Å². The van der Waals surface area contributed by atoms with Crippen molar-refractivity contribution in [2.75, 3.05) is 20.2 Å². The third-order valence-electron chi connectivity index (χ3n) is 2.46. The SMILES string of the molecule is CCN(C)C(=O)COc1ccc(Cl)cc1S(N)(=O)=O. The number of benzene rings is 1. The van der Waals surface area contributed by atoms with Gasteiger partial charge in [0.15, 0.2) is 6.61 Å². The van der Waals surface area contributed by atoms with Crippen LogP contribution in [0.4, 0.5) is 0 Å². The first-order chi connectivity index (χ1) is 8.75. The summed E-state index contributed by atoms with van der Waals surface area (Å²) in [5.41, 5.74) is 0. The van der Waals surface area contributed by atoms with Crippen LogP contribution in [0.15, 0.2) is 23.1 Å². The molecule has 106 valence electrons. The van der Waals surface area contributed by atoms with Crippen molar-refractivity contribution in [3.05, 3.63) is 23.2 Å². The Balaban J connectivity index is 2.94. The predicted octanol–water partition coefficient (Wildman–Crippen LogP) is 0.845. The average molecular weight is 307 g/mol. The fourth-order valence-electron chi connectivity index (χ4n) is 1.25. The first-order valence-electron chi connectivity index (χ1n) is 5.44. The van der Waals surface area contributed by atoms with Crippen molar-refractivity contribution in [1.29, 1.82) is 0 Å². The number of carbonyl (C=O) groups excluding carboxylic acids is 1. The molecule has 0 bridgehead atoms. The maximum atomic E-state index is 11.6. The van der Waals surface area contributed by atoms with Gasteiger partial charge in [0.2, 0.25) is 10.0 Å². The highest BCUT2D eigenvalue weighted by Crippen LogP contribution is 2.26. The monoisotopic (exact) mass is 306 g/mol. The number of primary sulfonamides is 1. The zero-order valence-corrected chi connectivity index (χ0v) is 12.2. The topological polar surface area (TPSA) is 89.7 Å². The molecular formula is C11H15ClN2O4S. The fraction of sp³-hybridized carbons (Fsp3) is 0.364. The highest BCUT2D eigenvalue weighted by molar-refractivity contribution is 7.89. The second kappa shape index (κ2) is 6.23. The number of nitrogens with two attached hydrogens (primary N) is 1. The van der Waals surface area contributed by atoms with Crippen molar-refractivity contribution < 1.29 is 17.9 Å². The number of nitrogens with zero attached hydrogens (tertiary/aromatic N) is 1. The quantitative estimate of drug-likeness (QED) is 0.873. The van der Waals surface area contributed by atoms with Crippen LogP contribution in [0.1, 0.15) is 6.92 Å². The van der Waals surface area contributed by atoms with Gasteiger partial charge in [0.05, 0.1) is 0 Å². The minimum atomic E-state index is -3.96. The molecule has 1 aromatic carbocycles. The van der Waals surface area contributed by atoms with Crippen LogP contribution in [0.3, 0.4) is 0 Å². The number of rotatable bonds is 5. The first-order valence-corrected chi connectivity index (χ1v) is 7.37.